The van der Waals surface area contributed by atoms with Crippen molar-refractivity contribution in [3.05, 3.63) is 47.0 Å². The van der Waals surface area contributed by atoms with Crippen molar-refractivity contribution in [3.8, 4) is 23.0 Å². The Kier molecular flexibility index (Phi) is 5.76. The molecule has 2 aromatic rings. The second-order valence-corrected chi connectivity index (χ2v) is 6.50. The summed E-state index contributed by atoms with van der Waals surface area (Å²) in [5, 5.41) is 3.19. The summed E-state index contributed by atoms with van der Waals surface area (Å²) in [5.74, 6) is 1.97. The SMILES string of the molecule is COc1cc(/C=C/C(=O)Nc2ccc3c(c2)OCO3)cc(Cl)c1OC(C)C. The van der Waals surface area contributed by atoms with E-state index in [9.17, 15) is 4.79 Å². The minimum Gasteiger partial charge on any atom is -0.493 e. The molecule has 0 spiro atoms. The number of carbonyl (C=O) groups is 1. The van der Waals surface area contributed by atoms with E-state index in [0.717, 1.165) is 0 Å². The maximum Gasteiger partial charge on any atom is 0.248 e. The van der Waals surface area contributed by atoms with Gasteiger partial charge in [-0.2, -0.15) is 0 Å². The minimum absolute atomic E-state index is 0.0368. The molecule has 1 amide bonds. The number of benzene rings is 2. The van der Waals surface area contributed by atoms with E-state index in [1.54, 1.807) is 43.5 Å². The van der Waals surface area contributed by atoms with Crippen molar-refractivity contribution < 1.29 is 23.7 Å². The number of methoxy groups -OCH3 is 1. The largest absolute Gasteiger partial charge is 0.493 e. The van der Waals surface area contributed by atoms with Crippen molar-refractivity contribution >= 4 is 29.3 Å². The average Bonchev–Trinajstić information content (AvgIpc) is 3.09. The monoisotopic (exact) mass is 389 g/mol. The summed E-state index contributed by atoms with van der Waals surface area (Å²) in [6, 6.07) is 8.68. The highest BCUT2D eigenvalue weighted by Crippen LogP contribution is 2.37. The van der Waals surface area contributed by atoms with Crippen molar-refractivity contribution in [3.63, 3.8) is 0 Å². The molecule has 0 unspecified atom stereocenters. The number of ether oxygens (including phenoxy) is 4. The first-order chi connectivity index (χ1) is 13.0. The first kappa shape index (κ1) is 18.9. The lowest BCUT2D eigenvalue weighted by Crippen LogP contribution is -2.08. The van der Waals surface area contributed by atoms with Crippen molar-refractivity contribution in [1.29, 1.82) is 0 Å². The third-order valence-electron chi connectivity index (χ3n) is 3.67. The van der Waals surface area contributed by atoms with Gasteiger partial charge in [-0.3, -0.25) is 4.79 Å². The molecule has 6 nitrogen and oxygen atoms in total. The maximum absolute atomic E-state index is 12.2. The van der Waals surface area contributed by atoms with E-state index in [2.05, 4.69) is 5.32 Å². The first-order valence-corrected chi connectivity index (χ1v) is 8.77. The number of nitrogens with one attached hydrogen (secondary N) is 1. The number of hydrogen-bond acceptors (Lipinski definition) is 5. The Morgan fingerprint density at radius 3 is 2.74 bits per heavy atom. The van der Waals surface area contributed by atoms with Crippen LogP contribution in [-0.4, -0.2) is 25.9 Å². The fourth-order valence-corrected chi connectivity index (χ4v) is 2.78. The molecule has 0 aliphatic carbocycles. The maximum atomic E-state index is 12.2. The highest BCUT2D eigenvalue weighted by atomic mass is 35.5. The number of anilines is 1. The summed E-state index contributed by atoms with van der Waals surface area (Å²) in [4.78, 5) is 12.2. The molecule has 0 bridgehead atoms. The van der Waals surface area contributed by atoms with Crippen LogP contribution < -0.4 is 24.3 Å². The van der Waals surface area contributed by atoms with E-state index in [0.29, 0.717) is 39.3 Å². The van der Waals surface area contributed by atoms with Crippen LogP contribution in [-0.2, 0) is 4.79 Å². The predicted molar refractivity (Wildman–Crippen MR) is 104 cm³/mol. The van der Waals surface area contributed by atoms with Crippen LogP contribution in [0.1, 0.15) is 19.4 Å². The summed E-state index contributed by atoms with van der Waals surface area (Å²) in [6.45, 7) is 4.00. The Balaban J connectivity index is 1.71. The number of hydrogen-bond donors (Lipinski definition) is 1. The van der Waals surface area contributed by atoms with E-state index in [1.807, 2.05) is 13.8 Å². The number of halogens is 1. The fraction of sp³-hybridized carbons (Fsp3) is 0.250. The summed E-state index contributed by atoms with van der Waals surface area (Å²) in [5.41, 5.74) is 1.33. The van der Waals surface area contributed by atoms with Crippen LogP contribution in [0.2, 0.25) is 5.02 Å². The van der Waals surface area contributed by atoms with Crippen molar-refractivity contribution in [2.75, 3.05) is 19.2 Å². The molecule has 27 heavy (non-hydrogen) atoms. The van der Waals surface area contributed by atoms with Gasteiger partial charge in [-0.15, -0.1) is 0 Å². The Morgan fingerprint density at radius 1 is 1.22 bits per heavy atom. The molecule has 7 heteroatoms. The van der Waals surface area contributed by atoms with E-state index < -0.39 is 0 Å². The van der Waals surface area contributed by atoms with Crippen LogP contribution in [0.25, 0.3) is 6.08 Å². The summed E-state index contributed by atoms with van der Waals surface area (Å²) >= 11 is 6.29. The van der Waals surface area contributed by atoms with Gasteiger partial charge < -0.3 is 24.3 Å². The van der Waals surface area contributed by atoms with Crippen LogP contribution in [0.4, 0.5) is 5.69 Å². The highest BCUT2D eigenvalue weighted by Gasteiger charge is 2.14. The van der Waals surface area contributed by atoms with Gasteiger partial charge in [0, 0.05) is 17.8 Å². The molecule has 1 heterocycles. The molecule has 0 saturated heterocycles. The lowest BCUT2D eigenvalue weighted by molar-refractivity contribution is -0.111. The van der Waals surface area contributed by atoms with Gasteiger partial charge in [0.1, 0.15) is 0 Å². The number of carbonyl (C=O) groups excluding carboxylic acids is 1. The fourth-order valence-electron chi connectivity index (χ4n) is 2.52. The van der Waals surface area contributed by atoms with Crippen molar-refractivity contribution in [2.24, 2.45) is 0 Å². The van der Waals surface area contributed by atoms with Gasteiger partial charge in [-0.05, 0) is 49.8 Å². The van der Waals surface area contributed by atoms with Gasteiger partial charge >= 0.3 is 0 Å². The van der Waals surface area contributed by atoms with E-state index >= 15 is 0 Å². The number of rotatable bonds is 6. The molecule has 142 valence electrons. The Bertz CT molecular complexity index is 879. The van der Waals surface area contributed by atoms with Crippen LogP contribution >= 0.6 is 11.6 Å². The van der Waals surface area contributed by atoms with Crippen LogP contribution in [0.3, 0.4) is 0 Å². The second kappa shape index (κ2) is 8.22. The topological polar surface area (TPSA) is 66.0 Å². The van der Waals surface area contributed by atoms with E-state index in [4.69, 9.17) is 30.5 Å². The molecule has 1 N–H and O–H groups in total. The van der Waals surface area contributed by atoms with Gasteiger partial charge in [0.2, 0.25) is 12.7 Å². The molecule has 0 atom stereocenters. The molecule has 0 aromatic heterocycles. The Morgan fingerprint density at radius 2 is 2.00 bits per heavy atom. The molecular formula is C20H20ClNO5. The van der Waals surface area contributed by atoms with Crippen molar-refractivity contribution in [1.82, 2.24) is 0 Å². The van der Waals surface area contributed by atoms with Crippen LogP contribution in [0.5, 0.6) is 23.0 Å². The predicted octanol–water partition coefficient (Wildman–Crippen LogP) is 4.52. The van der Waals surface area contributed by atoms with Crippen LogP contribution in [0.15, 0.2) is 36.4 Å². The standard InChI is InChI=1S/C20H20ClNO5/c1-12(2)27-20-15(21)8-13(9-18(20)24-3)4-7-19(23)22-14-5-6-16-17(10-14)26-11-25-16/h4-10,12H,11H2,1-3H3,(H,22,23)/b7-4+. The minimum atomic E-state index is -0.286. The Labute approximate surface area is 162 Å². The molecule has 0 radical (unpaired) electrons. The molecule has 1 aliphatic heterocycles. The van der Waals surface area contributed by atoms with Gasteiger partial charge in [-0.25, -0.2) is 0 Å². The second-order valence-electron chi connectivity index (χ2n) is 6.09. The van der Waals surface area contributed by atoms with Crippen LogP contribution in [0, 0.1) is 0 Å². The molecular weight excluding hydrogens is 370 g/mol. The average molecular weight is 390 g/mol. The summed E-state index contributed by atoms with van der Waals surface area (Å²) in [7, 11) is 1.54. The van der Waals surface area contributed by atoms with E-state index in [1.165, 1.54) is 6.08 Å². The number of fused-ring (bicyclic) bond motifs is 1. The molecule has 0 fully saturated rings. The molecule has 1 aliphatic rings. The molecule has 2 aromatic carbocycles. The zero-order valence-electron chi connectivity index (χ0n) is 15.2. The quantitative estimate of drug-likeness (QED) is 0.736. The lowest BCUT2D eigenvalue weighted by Gasteiger charge is -2.15. The Hall–Kier alpha value is -2.86. The third kappa shape index (κ3) is 4.65. The summed E-state index contributed by atoms with van der Waals surface area (Å²) < 4.78 is 21.6. The van der Waals surface area contributed by atoms with E-state index in [-0.39, 0.29) is 18.8 Å². The normalized spacial score (nSPS) is 12.5. The van der Waals surface area contributed by atoms with Gasteiger partial charge in [0.15, 0.2) is 23.0 Å². The zero-order chi connectivity index (χ0) is 19.4. The van der Waals surface area contributed by atoms with Gasteiger partial charge in [0.25, 0.3) is 0 Å². The summed E-state index contributed by atoms with van der Waals surface area (Å²) in [6.07, 6.45) is 3.03. The zero-order valence-corrected chi connectivity index (χ0v) is 16.0. The van der Waals surface area contributed by atoms with Gasteiger partial charge in [-0.1, -0.05) is 11.6 Å². The number of amides is 1. The smallest absolute Gasteiger partial charge is 0.248 e. The third-order valence-corrected chi connectivity index (χ3v) is 3.95. The highest BCUT2D eigenvalue weighted by molar-refractivity contribution is 6.32. The molecule has 0 saturated carbocycles. The lowest BCUT2D eigenvalue weighted by atomic mass is 10.1. The first-order valence-electron chi connectivity index (χ1n) is 8.39. The van der Waals surface area contributed by atoms with Gasteiger partial charge in [0.05, 0.1) is 18.2 Å². The molecule has 3 rings (SSSR count). The van der Waals surface area contributed by atoms with Crippen molar-refractivity contribution in [2.45, 2.75) is 20.0 Å².